The highest BCUT2D eigenvalue weighted by Gasteiger charge is 2.24. The molecule has 0 radical (unpaired) electrons. The van der Waals surface area contributed by atoms with Crippen molar-refractivity contribution in [1.29, 1.82) is 0 Å². The molecule has 13 heteroatoms. The van der Waals surface area contributed by atoms with Gasteiger partial charge in [0, 0.05) is 35.6 Å². The molecule has 2 aromatic rings. The smallest absolute Gasteiger partial charge is 0.410 e. The van der Waals surface area contributed by atoms with Crippen LogP contribution in [0.5, 0.6) is 0 Å². The van der Waals surface area contributed by atoms with Crippen LogP contribution < -0.4 is 10.6 Å². The summed E-state index contributed by atoms with van der Waals surface area (Å²) in [4.78, 5) is 57.8. The van der Waals surface area contributed by atoms with Gasteiger partial charge in [-0.25, -0.2) is 14.0 Å². The first-order chi connectivity index (χ1) is 18.7. The molecule has 0 bridgehead atoms. The Hall–Kier alpha value is -4.13. The van der Waals surface area contributed by atoms with Crippen molar-refractivity contribution >= 4 is 42.2 Å². The zero-order valence-electron chi connectivity index (χ0n) is 20.8. The Kier molecular flexibility index (Phi) is 13.3. The molecule has 2 atom stereocenters. The van der Waals surface area contributed by atoms with Gasteiger partial charge < -0.3 is 30.3 Å². The number of ether oxygens (including phenoxy) is 2. The molecule has 2 amide bonds. The third-order valence-corrected chi connectivity index (χ3v) is 6.35. The molecule has 0 aromatic heterocycles. The normalized spacial score (nSPS) is 12.0. The fraction of sp³-hybridized carbons (Fsp3) is 0.346. The van der Waals surface area contributed by atoms with E-state index >= 15 is 0 Å². The first-order valence-electron chi connectivity index (χ1n) is 11.9. The highest BCUT2D eigenvalue weighted by Crippen LogP contribution is 2.23. The first kappa shape index (κ1) is 31.1. The lowest BCUT2D eigenvalue weighted by atomic mass is 10.1. The summed E-state index contributed by atoms with van der Waals surface area (Å²) in [6, 6.07) is 11.8. The van der Waals surface area contributed by atoms with Gasteiger partial charge in [-0.2, -0.15) is 0 Å². The number of hydrogen-bond acceptors (Lipinski definition) is 8. The summed E-state index contributed by atoms with van der Waals surface area (Å²) < 4.78 is 22.6. The topological polar surface area (TPSA) is 168 Å². The Morgan fingerprint density at radius 2 is 1.67 bits per heavy atom. The zero-order chi connectivity index (χ0) is 28.6. The number of carbonyl (C=O) groups excluding carboxylic acids is 3. The van der Waals surface area contributed by atoms with Crippen molar-refractivity contribution in [3.8, 4) is 0 Å². The second kappa shape index (κ2) is 16.7. The van der Waals surface area contributed by atoms with Crippen LogP contribution >= 0.6 is 11.8 Å². The van der Waals surface area contributed by atoms with Crippen molar-refractivity contribution in [2.24, 2.45) is 0 Å². The number of hydrogen-bond donors (Lipinski definition) is 4. The Labute approximate surface area is 228 Å². The number of carboxylic acids is 2. The van der Waals surface area contributed by atoms with Crippen molar-refractivity contribution in [2.45, 2.75) is 55.1 Å². The lowest BCUT2D eigenvalue weighted by Crippen LogP contribution is -2.42. The first-order valence-corrected chi connectivity index (χ1v) is 12.9. The lowest BCUT2D eigenvalue weighted by Gasteiger charge is -2.18. The average Bonchev–Trinajstić information content (AvgIpc) is 2.90. The van der Waals surface area contributed by atoms with Crippen LogP contribution in [0.2, 0.25) is 0 Å². The van der Waals surface area contributed by atoms with E-state index in [0.29, 0.717) is 30.7 Å². The Bertz CT molecular complexity index is 1110. The van der Waals surface area contributed by atoms with E-state index in [-0.39, 0.29) is 31.0 Å². The number of benzene rings is 2. The molecule has 0 saturated heterocycles. The summed E-state index contributed by atoms with van der Waals surface area (Å²) >= 11 is 1.56. The molecular weight excluding hydrogens is 535 g/mol. The van der Waals surface area contributed by atoms with Crippen LogP contribution in [-0.2, 0) is 29.6 Å². The van der Waals surface area contributed by atoms with E-state index in [4.69, 9.17) is 19.7 Å². The van der Waals surface area contributed by atoms with Gasteiger partial charge in [-0.1, -0.05) is 12.1 Å². The van der Waals surface area contributed by atoms with Gasteiger partial charge in [-0.3, -0.25) is 14.4 Å². The van der Waals surface area contributed by atoms with E-state index in [1.54, 1.807) is 36.0 Å². The highest BCUT2D eigenvalue weighted by atomic mass is 32.2. The van der Waals surface area contributed by atoms with Crippen LogP contribution in [0.4, 0.5) is 9.18 Å². The fourth-order valence-corrected chi connectivity index (χ4v) is 4.08. The van der Waals surface area contributed by atoms with E-state index in [1.807, 2.05) is 17.4 Å². The van der Waals surface area contributed by atoms with E-state index in [2.05, 4.69) is 5.32 Å². The average molecular weight is 565 g/mol. The molecule has 0 aliphatic rings. The second-order valence-corrected chi connectivity index (χ2v) is 9.27. The molecular formula is C26H29FN2O9S. The maximum absolute atomic E-state index is 13.0. The van der Waals surface area contributed by atoms with Gasteiger partial charge in [0.1, 0.15) is 11.9 Å². The summed E-state index contributed by atoms with van der Waals surface area (Å²) in [6.45, 7) is 0.386. The quantitative estimate of drug-likeness (QED) is 0.0965. The predicted molar refractivity (Wildman–Crippen MR) is 137 cm³/mol. The van der Waals surface area contributed by atoms with Crippen molar-refractivity contribution < 1.29 is 48.0 Å². The maximum atomic E-state index is 13.0. The highest BCUT2D eigenvalue weighted by molar-refractivity contribution is 7.98. The zero-order valence-corrected chi connectivity index (χ0v) is 21.7. The van der Waals surface area contributed by atoms with Crippen LogP contribution in [0.25, 0.3) is 0 Å². The Morgan fingerprint density at radius 1 is 0.974 bits per heavy atom. The van der Waals surface area contributed by atoms with Gasteiger partial charge in [0.2, 0.25) is 6.29 Å². The summed E-state index contributed by atoms with van der Waals surface area (Å²) in [5.74, 6) is -2.55. The van der Waals surface area contributed by atoms with Crippen molar-refractivity contribution in [2.75, 3.05) is 6.54 Å². The standard InChI is InChI=1S/C26H29FN2O9S/c27-19-8-4-17(5-9-19)15-39-20-10-6-18(7-11-20)24(33)28-14-2-1-3-23(37-16-30)38-26(36)29-21(25(34)35)12-13-22(31)32/h4-11,16,21,23H,1-3,12-15H2,(H,28,33)(H,29,36)(H,31,32)(H,34,35)/t21-,23-/m0/s1. The summed E-state index contributed by atoms with van der Waals surface area (Å²) in [7, 11) is 0. The van der Waals surface area contributed by atoms with E-state index in [9.17, 15) is 28.4 Å². The molecule has 0 aliphatic carbocycles. The van der Waals surface area contributed by atoms with Gasteiger partial charge >= 0.3 is 18.0 Å². The molecule has 39 heavy (non-hydrogen) atoms. The third kappa shape index (κ3) is 12.3. The molecule has 0 spiro atoms. The molecule has 0 fully saturated rings. The van der Waals surface area contributed by atoms with Gasteiger partial charge in [0.15, 0.2) is 0 Å². The minimum Gasteiger partial charge on any atom is -0.481 e. The lowest BCUT2D eigenvalue weighted by molar-refractivity contribution is -0.154. The number of nitrogens with one attached hydrogen (secondary N) is 2. The largest absolute Gasteiger partial charge is 0.481 e. The minimum absolute atomic E-state index is 0.0838. The molecule has 0 unspecified atom stereocenters. The number of unbranched alkanes of at least 4 members (excludes halogenated alkanes) is 1. The molecule has 0 aliphatic heterocycles. The van der Waals surface area contributed by atoms with Gasteiger partial charge in [-0.05, 0) is 61.2 Å². The van der Waals surface area contributed by atoms with Crippen LogP contribution in [0.15, 0.2) is 53.4 Å². The fourth-order valence-electron chi connectivity index (χ4n) is 3.23. The SMILES string of the molecule is O=CO[C@H](CCCCNC(=O)c1ccc(SCc2ccc(F)cc2)cc1)OC(=O)N[C@@H](CCC(=O)O)C(=O)O. The van der Waals surface area contributed by atoms with Crippen molar-refractivity contribution in [3.63, 3.8) is 0 Å². The van der Waals surface area contributed by atoms with Crippen LogP contribution in [0.1, 0.15) is 48.0 Å². The predicted octanol–water partition coefficient (Wildman–Crippen LogP) is 3.56. The number of alkyl carbamates (subject to hydrolysis) is 1. The van der Waals surface area contributed by atoms with E-state index in [1.165, 1.54) is 12.1 Å². The molecule has 0 heterocycles. The number of carboxylic acid groups (broad SMARTS) is 2. The molecule has 0 saturated carbocycles. The van der Waals surface area contributed by atoms with Crippen molar-refractivity contribution in [3.05, 3.63) is 65.5 Å². The summed E-state index contributed by atoms with van der Waals surface area (Å²) in [5, 5.41) is 22.6. The molecule has 11 nitrogen and oxygen atoms in total. The van der Waals surface area contributed by atoms with Gasteiger partial charge in [-0.15, -0.1) is 11.8 Å². The van der Waals surface area contributed by atoms with E-state index in [0.717, 1.165) is 10.5 Å². The number of halogens is 1. The van der Waals surface area contributed by atoms with Crippen LogP contribution in [0.3, 0.4) is 0 Å². The molecule has 4 N–H and O–H groups in total. The maximum Gasteiger partial charge on any atom is 0.410 e. The Balaban J connectivity index is 1.70. The number of carbonyl (C=O) groups is 5. The molecule has 210 valence electrons. The molecule has 2 rings (SSSR count). The summed E-state index contributed by atoms with van der Waals surface area (Å²) in [5.41, 5.74) is 1.45. The number of thioether (sulfide) groups is 1. The number of rotatable bonds is 17. The summed E-state index contributed by atoms with van der Waals surface area (Å²) in [6.07, 6.45) is -2.33. The van der Waals surface area contributed by atoms with Gasteiger partial charge in [0.05, 0.1) is 0 Å². The van der Waals surface area contributed by atoms with Crippen LogP contribution in [0, 0.1) is 5.82 Å². The number of amides is 2. The second-order valence-electron chi connectivity index (χ2n) is 8.23. The van der Waals surface area contributed by atoms with Crippen LogP contribution in [-0.4, -0.2) is 59.5 Å². The number of aliphatic carboxylic acids is 2. The van der Waals surface area contributed by atoms with Gasteiger partial charge in [0.25, 0.3) is 12.4 Å². The Morgan fingerprint density at radius 3 is 2.28 bits per heavy atom. The minimum atomic E-state index is -1.48. The monoisotopic (exact) mass is 564 g/mol. The van der Waals surface area contributed by atoms with Crippen molar-refractivity contribution in [1.82, 2.24) is 10.6 Å². The third-order valence-electron chi connectivity index (χ3n) is 5.27. The molecule has 2 aromatic carbocycles. The van der Waals surface area contributed by atoms with E-state index < -0.39 is 36.8 Å².